The number of carbonyl (C=O) groups is 2. The molecule has 1 aliphatic carbocycles. The fourth-order valence-electron chi connectivity index (χ4n) is 4.30. The van der Waals surface area contributed by atoms with Crippen LogP contribution in [0.3, 0.4) is 0 Å². The Balaban J connectivity index is 1.37. The number of amides is 1. The molecule has 1 aliphatic rings. The van der Waals surface area contributed by atoms with Gasteiger partial charge in [-0.2, -0.15) is 0 Å². The molecule has 1 saturated carbocycles. The zero-order chi connectivity index (χ0) is 24.1. The molecule has 0 radical (unpaired) electrons. The summed E-state index contributed by atoms with van der Waals surface area (Å²) in [6, 6.07) is 13.9. The monoisotopic (exact) mass is 464 g/mol. The van der Waals surface area contributed by atoms with Gasteiger partial charge in [0.25, 0.3) is 5.91 Å². The average Bonchev–Trinajstić information content (AvgIpc) is 2.85. The molecular weight excluding hydrogens is 438 g/mol. The normalized spacial score (nSPS) is 17.8. The Morgan fingerprint density at radius 1 is 1.03 bits per heavy atom. The van der Waals surface area contributed by atoms with Gasteiger partial charge in [-0.15, -0.1) is 0 Å². The Kier molecular flexibility index (Phi) is 7.15. The number of carboxylic acid groups (broad SMARTS) is 1. The molecule has 2 aromatic carbocycles. The summed E-state index contributed by atoms with van der Waals surface area (Å²) in [5, 5.41) is 14.5. The Morgan fingerprint density at radius 3 is 2.41 bits per heavy atom. The number of rotatable bonds is 8. The molecule has 0 spiro atoms. The molecule has 0 saturated heterocycles. The number of hydrogen-bond donors (Lipinski definition) is 1. The van der Waals surface area contributed by atoms with E-state index in [9.17, 15) is 19.5 Å². The van der Waals surface area contributed by atoms with Crippen LogP contribution in [0.25, 0.3) is 22.1 Å². The SMILES string of the molecule is COc1ccc(-c2cc(=O)oc3cc(OCC(=O)NCC4CCC(C(=O)[O-])CC4)ccc23)cc1. The second-order valence-corrected chi connectivity index (χ2v) is 8.50. The lowest BCUT2D eigenvalue weighted by molar-refractivity contribution is -0.312. The second kappa shape index (κ2) is 10.4. The van der Waals surface area contributed by atoms with Gasteiger partial charge in [-0.05, 0) is 72.9 Å². The van der Waals surface area contributed by atoms with Crippen LogP contribution >= 0.6 is 0 Å². The third-order valence-corrected chi connectivity index (χ3v) is 6.25. The summed E-state index contributed by atoms with van der Waals surface area (Å²) in [6.07, 6.45) is 2.67. The lowest BCUT2D eigenvalue weighted by Gasteiger charge is -2.29. The van der Waals surface area contributed by atoms with Crippen molar-refractivity contribution in [3.05, 3.63) is 59.0 Å². The van der Waals surface area contributed by atoms with Crippen molar-refractivity contribution < 1.29 is 28.6 Å². The zero-order valence-corrected chi connectivity index (χ0v) is 18.9. The number of ether oxygens (including phenoxy) is 2. The van der Waals surface area contributed by atoms with Gasteiger partial charge in [-0.25, -0.2) is 4.79 Å². The first-order chi connectivity index (χ1) is 16.4. The van der Waals surface area contributed by atoms with Crippen LogP contribution in [-0.4, -0.2) is 32.1 Å². The van der Waals surface area contributed by atoms with Gasteiger partial charge in [0.05, 0.1) is 7.11 Å². The van der Waals surface area contributed by atoms with Crippen LogP contribution in [0.4, 0.5) is 0 Å². The zero-order valence-electron chi connectivity index (χ0n) is 18.9. The van der Waals surface area contributed by atoms with Gasteiger partial charge >= 0.3 is 5.63 Å². The highest BCUT2D eigenvalue weighted by Crippen LogP contribution is 2.31. The summed E-state index contributed by atoms with van der Waals surface area (Å²) in [7, 11) is 1.59. The van der Waals surface area contributed by atoms with Gasteiger partial charge in [-0.3, -0.25) is 4.79 Å². The van der Waals surface area contributed by atoms with E-state index >= 15 is 0 Å². The van der Waals surface area contributed by atoms with E-state index in [1.165, 1.54) is 6.07 Å². The first kappa shape index (κ1) is 23.4. The summed E-state index contributed by atoms with van der Waals surface area (Å²) < 4.78 is 16.2. The molecule has 0 bridgehead atoms. The molecule has 1 heterocycles. The van der Waals surface area contributed by atoms with Crippen LogP contribution in [0.15, 0.2) is 57.7 Å². The van der Waals surface area contributed by atoms with Crippen LogP contribution in [0.5, 0.6) is 11.5 Å². The van der Waals surface area contributed by atoms with Gasteiger partial charge < -0.3 is 29.1 Å². The average molecular weight is 464 g/mol. The molecule has 178 valence electrons. The van der Waals surface area contributed by atoms with Crippen molar-refractivity contribution in [2.45, 2.75) is 25.7 Å². The molecule has 4 rings (SSSR count). The highest BCUT2D eigenvalue weighted by Gasteiger charge is 2.22. The van der Waals surface area contributed by atoms with E-state index in [-0.39, 0.29) is 24.3 Å². The molecule has 0 aliphatic heterocycles. The maximum atomic E-state index is 12.2. The Labute approximate surface area is 196 Å². The summed E-state index contributed by atoms with van der Waals surface area (Å²) in [6.45, 7) is 0.308. The van der Waals surface area contributed by atoms with Crippen molar-refractivity contribution in [1.29, 1.82) is 0 Å². The number of fused-ring (bicyclic) bond motifs is 1. The van der Waals surface area contributed by atoms with Crippen molar-refractivity contribution >= 4 is 22.8 Å². The van der Waals surface area contributed by atoms with E-state index in [4.69, 9.17) is 13.9 Å². The number of nitrogens with one attached hydrogen (secondary N) is 1. The Bertz CT molecular complexity index is 1220. The second-order valence-electron chi connectivity index (χ2n) is 8.50. The highest BCUT2D eigenvalue weighted by atomic mass is 16.5. The topological polar surface area (TPSA) is 118 Å². The summed E-state index contributed by atoms with van der Waals surface area (Å²) in [5.74, 6) is -0.254. The number of benzene rings is 2. The van der Waals surface area contributed by atoms with Crippen LogP contribution in [0, 0.1) is 11.8 Å². The number of carboxylic acids is 1. The fraction of sp³-hybridized carbons (Fsp3) is 0.346. The van der Waals surface area contributed by atoms with E-state index in [0.29, 0.717) is 30.7 Å². The van der Waals surface area contributed by atoms with Crippen LogP contribution in [-0.2, 0) is 9.59 Å². The van der Waals surface area contributed by atoms with Gasteiger partial charge in [0, 0.05) is 30.0 Å². The third kappa shape index (κ3) is 5.57. The predicted octanol–water partition coefficient (Wildman–Crippen LogP) is 2.52. The highest BCUT2D eigenvalue weighted by molar-refractivity contribution is 5.93. The summed E-state index contributed by atoms with van der Waals surface area (Å²) in [4.78, 5) is 35.3. The maximum absolute atomic E-state index is 12.2. The number of hydrogen-bond acceptors (Lipinski definition) is 7. The summed E-state index contributed by atoms with van der Waals surface area (Å²) >= 11 is 0. The van der Waals surface area contributed by atoms with Crippen LogP contribution in [0.2, 0.25) is 0 Å². The molecule has 1 fully saturated rings. The minimum Gasteiger partial charge on any atom is -0.550 e. The number of methoxy groups -OCH3 is 1. The van der Waals surface area contributed by atoms with Gasteiger partial charge in [0.15, 0.2) is 6.61 Å². The van der Waals surface area contributed by atoms with Crippen molar-refractivity contribution in [3.63, 3.8) is 0 Å². The fourth-order valence-corrected chi connectivity index (χ4v) is 4.30. The molecule has 0 atom stereocenters. The molecule has 8 heteroatoms. The summed E-state index contributed by atoms with van der Waals surface area (Å²) in [5.41, 5.74) is 1.45. The third-order valence-electron chi connectivity index (χ3n) is 6.25. The molecule has 34 heavy (non-hydrogen) atoms. The smallest absolute Gasteiger partial charge is 0.336 e. The quantitative estimate of drug-likeness (QED) is 0.509. The van der Waals surface area contributed by atoms with E-state index < -0.39 is 11.6 Å². The molecule has 0 unspecified atom stereocenters. The van der Waals surface area contributed by atoms with Gasteiger partial charge in [0.1, 0.15) is 17.1 Å². The predicted molar refractivity (Wildman–Crippen MR) is 123 cm³/mol. The van der Waals surface area contributed by atoms with E-state index in [2.05, 4.69) is 5.32 Å². The molecule has 3 aromatic rings. The van der Waals surface area contributed by atoms with Crippen LogP contribution in [0.1, 0.15) is 25.7 Å². The first-order valence-electron chi connectivity index (χ1n) is 11.3. The molecule has 8 nitrogen and oxygen atoms in total. The van der Waals surface area contributed by atoms with Gasteiger partial charge in [0.2, 0.25) is 0 Å². The number of carbonyl (C=O) groups excluding carboxylic acids is 2. The molecular formula is C26H26NO7-. The van der Waals surface area contributed by atoms with Crippen molar-refractivity contribution in [2.75, 3.05) is 20.3 Å². The Morgan fingerprint density at radius 2 is 1.74 bits per heavy atom. The standard InChI is InChI=1S/C26H27NO7/c1-32-19-8-6-17(7-9-19)22-13-25(29)34-23-12-20(10-11-21(22)23)33-15-24(28)27-14-16-2-4-18(5-3-16)26(30)31/h6-13,16,18H,2-5,14-15H2,1H3,(H,27,28)(H,30,31)/p-1. The first-order valence-corrected chi connectivity index (χ1v) is 11.3. The van der Waals surface area contributed by atoms with E-state index in [1.807, 2.05) is 24.3 Å². The molecule has 1 amide bonds. The minimum atomic E-state index is -0.988. The Hall–Kier alpha value is -3.81. The van der Waals surface area contributed by atoms with Crippen molar-refractivity contribution in [1.82, 2.24) is 5.32 Å². The minimum absolute atomic E-state index is 0.178. The van der Waals surface area contributed by atoms with Gasteiger partial charge in [-0.1, -0.05) is 12.1 Å². The lowest BCUT2D eigenvalue weighted by Crippen LogP contribution is -2.37. The largest absolute Gasteiger partial charge is 0.550 e. The molecule has 1 N–H and O–H groups in total. The van der Waals surface area contributed by atoms with Crippen molar-refractivity contribution in [2.24, 2.45) is 11.8 Å². The van der Waals surface area contributed by atoms with Crippen LogP contribution < -0.4 is 25.5 Å². The van der Waals surface area contributed by atoms with E-state index in [0.717, 1.165) is 35.1 Å². The molecule has 1 aromatic heterocycles. The number of aliphatic carboxylic acids is 1. The lowest BCUT2D eigenvalue weighted by atomic mass is 9.82. The maximum Gasteiger partial charge on any atom is 0.336 e. The van der Waals surface area contributed by atoms with Crippen molar-refractivity contribution in [3.8, 4) is 22.6 Å². The van der Waals surface area contributed by atoms with E-state index in [1.54, 1.807) is 25.3 Å².